The first-order valence-electron chi connectivity index (χ1n) is 10.0. The largest absolute Gasteiger partial charge is 0.493 e. The lowest BCUT2D eigenvalue weighted by atomic mass is 9.92. The van der Waals surface area contributed by atoms with E-state index in [1.807, 2.05) is 0 Å². The predicted molar refractivity (Wildman–Crippen MR) is 112 cm³/mol. The first-order valence-corrected chi connectivity index (χ1v) is 10.0. The van der Waals surface area contributed by atoms with Gasteiger partial charge in [-0.05, 0) is 37.8 Å². The van der Waals surface area contributed by atoms with Crippen molar-refractivity contribution in [2.75, 3.05) is 14.2 Å². The molecule has 1 amide bonds. The number of nitrogens with one attached hydrogen (secondary N) is 1. The molecule has 31 heavy (non-hydrogen) atoms. The van der Waals surface area contributed by atoms with Crippen LogP contribution in [0.2, 0.25) is 0 Å². The molecule has 2 aromatic heterocycles. The normalized spacial score (nSPS) is 18.4. The Morgan fingerprint density at radius 1 is 1.10 bits per heavy atom. The Balaban J connectivity index is 1.38. The molecule has 0 unspecified atom stereocenters. The molecule has 0 spiro atoms. The SMILES string of the molecule is COc1cncc(OC2CCC(NC(=O)c3cc4cccc(OC)c4oc3=O)CC2)n1. The van der Waals surface area contributed by atoms with Gasteiger partial charge in [-0.25, -0.2) is 4.79 Å². The number of methoxy groups -OCH3 is 2. The highest BCUT2D eigenvalue weighted by molar-refractivity contribution is 5.97. The quantitative estimate of drug-likeness (QED) is 0.600. The minimum Gasteiger partial charge on any atom is -0.493 e. The van der Waals surface area contributed by atoms with E-state index in [1.165, 1.54) is 26.5 Å². The van der Waals surface area contributed by atoms with Crippen LogP contribution in [0, 0.1) is 0 Å². The van der Waals surface area contributed by atoms with Crippen molar-refractivity contribution in [3.8, 4) is 17.5 Å². The number of amides is 1. The highest BCUT2D eigenvalue weighted by atomic mass is 16.5. The minimum atomic E-state index is -0.692. The van der Waals surface area contributed by atoms with Gasteiger partial charge in [-0.1, -0.05) is 12.1 Å². The summed E-state index contributed by atoms with van der Waals surface area (Å²) in [7, 11) is 3.02. The number of aromatic nitrogens is 2. The van der Waals surface area contributed by atoms with Crippen LogP contribution in [0.5, 0.6) is 17.5 Å². The molecule has 1 N–H and O–H groups in total. The van der Waals surface area contributed by atoms with Crippen molar-refractivity contribution >= 4 is 16.9 Å². The zero-order valence-electron chi connectivity index (χ0n) is 17.3. The third kappa shape index (κ3) is 4.60. The summed E-state index contributed by atoms with van der Waals surface area (Å²) in [4.78, 5) is 33.3. The fraction of sp³-hybridized carbons (Fsp3) is 0.364. The molecule has 1 aliphatic rings. The van der Waals surface area contributed by atoms with E-state index in [9.17, 15) is 9.59 Å². The predicted octanol–water partition coefficient (Wildman–Crippen LogP) is 2.72. The number of rotatable bonds is 6. The molecular formula is C22H23N3O6. The molecule has 2 heterocycles. The van der Waals surface area contributed by atoms with Crippen molar-refractivity contribution in [3.05, 3.63) is 52.6 Å². The summed E-state index contributed by atoms with van der Waals surface area (Å²) in [6.07, 6.45) is 5.97. The maximum absolute atomic E-state index is 12.7. The zero-order chi connectivity index (χ0) is 21.8. The summed E-state index contributed by atoms with van der Waals surface area (Å²) in [5, 5.41) is 3.56. The maximum Gasteiger partial charge on any atom is 0.349 e. The summed E-state index contributed by atoms with van der Waals surface area (Å²) < 4.78 is 21.5. The van der Waals surface area contributed by atoms with E-state index < -0.39 is 11.5 Å². The molecule has 1 fully saturated rings. The molecular weight excluding hydrogens is 402 g/mol. The summed E-state index contributed by atoms with van der Waals surface area (Å²) in [5.74, 6) is 0.809. The van der Waals surface area contributed by atoms with Crippen LogP contribution in [-0.4, -0.2) is 42.2 Å². The number of nitrogens with zero attached hydrogens (tertiary/aromatic N) is 2. The van der Waals surface area contributed by atoms with Crippen LogP contribution in [0.15, 0.2) is 45.9 Å². The van der Waals surface area contributed by atoms with Gasteiger partial charge in [-0.3, -0.25) is 9.78 Å². The first-order chi connectivity index (χ1) is 15.1. The minimum absolute atomic E-state index is 0.0206. The summed E-state index contributed by atoms with van der Waals surface area (Å²) in [6.45, 7) is 0. The number of para-hydroxylation sites is 1. The molecule has 0 radical (unpaired) electrons. The van der Waals surface area contributed by atoms with Gasteiger partial charge in [0.2, 0.25) is 11.8 Å². The fourth-order valence-electron chi connectivity index (χ4n) is 3.68. The molecule has 3 aromatic rings. The highest BCUT2D eigenvalue weighted by Gasteiger charge is 2.25. The van der Waals surface area contributed by atoms with Crippen LogP contribution in [0.3, 0.4) is 0 Å². The number of hydrogen-bond donors (Lipinski definition) is 1. The Labute approximate surface area is 178 Å². The molecule has 9 nitrogen and oxygen atoms in total. The Morgan fingerprint density at radius 3 is 2.61 bits per heavy atom. The average molecular weight is 425 g/mol. The van der Waals surface area contributed by atoms with Gasteiger partial charge in [0.05, 0.1) is 26.6 Å². The van der Waals surface area contributed by atoms with Crippen molar-refractivity contribution in [1.82, 2.24) is 15.3 Å². The molecule has 0 bridgehead atoms. The van der Waals surface area contributed by atoms with Gasteiger partial charge in [0.1, 0.15) is 11.7 Å². The van der Waals surface area contributed by atoms with Crippen molar-refractivity contribution < 1.29 is 23.4 Å². The zero-order valence-corrected chi connectivity index (χ0v) is 17.3. The van der Waals surface area contributed by atoms with Gasteiger partial charge < -0.3 is 23.9 Å². The maximum atomic E-state index is 12.7. The second-order valence-corrected chi connectivity index (χ2v) is 7.29. The number of fused-ring (bicyclic) bond motifs is 1. The van der Waals surface area contributed by atoms with Crippen LogP contribution in [0.4, 0.5) is 0 Å². The topological polar surface area (TPSA) is 113 Å². The lowest BCUT2D eigenvalue weighted by Crippen LogP contribution is -2.41. The van der Waals surface area contributed by atoms with Crippen molar-refractivity contribution in [2.24, 2.45) is 0 Å². The van der Waals surface area contributed by atoms with E-state index in [1.54, 1.807) is 24.4 Å². The fourth-order valence-corrected chi connectivity index (χ4v) is 3.68. The number of hydrogen-bond acceptors (Lipinski definition) is 8. The molecule has 0 aliphatic heterocycles. The Morgan fingerprint density at radius 2 is 1.87 bits per heavy atom. The van der Waals surface area contributed by atoms with Gasteiger partial charge in [-0.2, -0.15) is 4.98 Å². The summed E-state index contributed by atoms with van der Waals surface area (Å²) in [5.41, 5.74) is -0.390. The number of ether oxygens (including phenoxy) is 3. The second kappa shape index (κ2) is 9.03. The highest BCUT2D eigenvalue weighted by Crippen LogP contribution is 2.26. The molecule has 1 aromatic carbocycles. The molecule has 162 valence electrons. The molecule has 4 rings (SSSR count). The van der Waals surface area contributed by atoms with Crippen molar-refractivity contribution in [3.63, 3.8) is 0 Å². The number of benzene rings is 1. The van der Waals surface area contributed by atoms with Crippen molar-refractivity contribution in [2.45, 2.75) is 37.8 Å². The Kier molecular flexibility index (Phi) is 6.01. The Bertz CT molecular complexity index is 1140. The molecule has 0 atom stereocenters. The van der Waals surface area contributed by atoms with E-state index in [0.29, 0.717) is 28.5 Å². The lowest BCUT2D eigenvalue weighted by Gasteiger charge is -2.29. The third-order valence-corrected chi connectivity index (χ3v) is 5.28. The summed E-state index contributed by atoms with van der Waals surface area (Å²) in [6, 6.07) is 6.72. The third-order valence-electron chi connectivity index (χ3n) is 5.28. The van der Waals surface area contributed by atoms with Crippen LogP contribution < -0.4 is 25.2 Å². The van der Waals surface area contributed by atoms with Crippen molar-refractivity contribution in [1.29, 1.82) is 0 Å². The standard InChI is InChI=1S/C22H23N3O6/c1-28-17-5-3-4-13-10-16(22(27)31-20(13)17)21(26)24-14-6-8-15(9-7-14)30-19-12-23-11-18(25-19)29-2/h3-5,10-12,14-15H,6-9H2,1-2H3,(H,24,26). The van der Waals surface area contributed by atoms with Gasteiger partial charge >= 0.3 is 5.63 Å². The van der Waals surface area contributed by atoms with E-state index in [-0.39, 0.29) is 17.7 Å². The molecule has 1 saturated carbocycles. The summed E-state index contributed by atoms with van der Waals surface area (Å²) >= 11 is 0. The molecule has 9 heteroatoms. The average Bonchev–Trinajstić information content (AvgIpc) is 2.79. The van der Waals surface area contributed by atoms with E-state index >= 15 is 0 Å². The van der Waals surface area contributed by atoms with Gasteiger partial charge in [0, 0.05) is 11.4 Å². The van der Waals surface area contributed by atoms with Crippen LogP contribution in [0.25, 0.3) is 11.0 Å². The smallest absolute Gasteiger partial charge is 0.349 e. The number of carbonyl (C=O) groups excluding carboxylic acids is 1. The molecule has 1 aliphatic carbocycles. The van der Waals surface area contributed by atoms with Gasteiger partial charge in [0.25, 0.3) is 5.91 Å². The number of carbonyl (C=O) groups is 1. The van der Waals surface area contributed by atoms with Crippen LogP contribution >= 0.6 is 0 Å². The lowest BCUT2D eigenvalue weighted by molar-refractivity contribution is 0.0885. The first kappa shape index (κ1) is 20.6. The monoisotopic (exact) mass is 425 g/mol. The van der Waals surface area contributed by atoms with Gasteiger partial charge in [-0.15, -0.1) is 0 Å². The van der Waals surface area contributed by atoms with Crippen LogP contribution in [-0.2, 0) is 0 Å². The molecule has 0 saturated heterocycles. The second-order valence-electron chi connectivity index (χ2n) is 7.29. The van der Waals surface area contributed by atoms with Gasteiger partial charge in [0.15, 0.2) is 11.3 Å². The van der Waals surface area contributed by atoms with Crippen LogP contribution in [0.1, 0.15) is 36.0 Å². The Hall–Kier alpha value is -3.62. The van der Waals surface area contributed by atoms with E-state index in [0.717, 1.165) is 25.7 Å². The van der Waals surface area contributed by atoms with E-state index in [2.05, 4.69) is 15.3 Å². The van der Waals surface area contributed by atoms with E-state index in [4.69, 9.17) is 18.6 Å².